The topological polar surface area (TPSA) is 68.0 Å². The maximum Gasteiger partial charge on any atom is 0.267 e. The van der Waals surface area contributed by atoms with Gasteiger partial charge < -0.3 is 11.1 Å². The van der Waals surface area contributed by atoms with Crippen molar-refractivity contribution >= 4 is 38.8 Å². The van der Waals surface area contributed by atoms with Gasteiger partial charge in [-0.2, -0.15) is 0 Å². The number of carbonyl (C=O) groups excluding carboxylic acids is 1. The molecule has 34 heavy (non-hydrogen) atoms. The number of nitrogens with zero attached hydrogens (tertiary/aromatic N) is 1. The first-order valence-corrected chi connectivity index (χ1v) is 12.1. The largest absolute Gasteiger partial charge is 0.397 e. The number of rotatable bonds is 5. The standard InChI is InChI=1S/C29H25N3OS/c1-3-19-9-7-8-12-23(19)31-28(33)27-26(30)25-22(20-15-13-18(2)14-16-20)17-24(32-29(25)34-27)21-10-5-4-6-11-21/h4-17H,3,30H2,1-2H3,(H,31,33). The Morgan fingerprint density at radius 1 is 0.941 bits per heavy atom. The number of pyridine rings is 1. The number of hydrogen-bond acceptors (Lipinski definition) is 4. The van der Waals surface area contributed by atoms with Gasteiger partial charge in [0.2, 0.25) is 0 Å². The number of aromatic nitrogens is 1. The maximum absolute atomic E-state index is 13.3. The van der Waals surface area contributed by atoms with Crippen LogP contribution < -0.4 is 11.1 Å². The Hall–Kier alpha value is -3.96. The van der Waals surface area contributed by atoms with E-state index in [4.69, 9.17) is 10.7 Å². The van der Waals surface area contributed by atoms with E-state index >= 15 is 0 Å². The molecule has 0 aliphatic carbocycles. The summed E-state index contributed by atoms with van der Waals surface area (Å²) < 4.78 is 0. The predicted octanol–water partition coefficient (Wildman–Crippen LogP) is 7.34. The van der Waals surface area contributed by atoms with Crippen LogP contribution in [0.25, 0.3) is 32.6 Å². The Labute approximate surface area is 203 Å². The van der Waals surface area contributed by atoms with E-state index in [-0.39, 0.29) is 5.91 Å². The number of amides is 1. The van der Waals surface area contributed by atoms with E-state index in [1.165, 1.54) is 16.9 Å². The third-order valence-corrected chi connectivity index (χ3v) is 7.08. The van der Waals surface area contributed by atoms with Crippen molar-refractivity contribution in [3.8, 4) is 22.4 Å². The smallest absolute Gasteiger partial charge is 0.267 e. The van der Waals surface area contributed by atoms with E-state index < -0.39 is 0 Å². The number of para-hydroxylation sites is 1. The molecule has 4 nitrogen and oxygen atoms in total. The highest BCUT2D eigenvalue weighted by atomic mass is 32.1. The monoisotopic (exact) mass is 463 g/mol. The van der Waals surface area contributed by atoms with Gasteiger partial charge in [0.05, 0.1) is 11.4 Å². The molecular weight excluding hydrogens is 438 g/mol. The van der Waals surface area contributed by atoms with Crippen LogP contribution in [0.2, 0.25) is 0 Å². The van der Waals surface area contributed by atoms with Crippen LogP contribution in [0.3, 0.4) is 0 Å². The predicted molar refractivity (Wildman–Crippen MR) is 143 cm³/mol. The number of nitrogen functional groups attached to an aromatic ring is 1. The molecule has 0 spiro atoms. The number of nitrogens with two attached hydrogens (primary N) is 1. The van der Waals surface area contributed by atoms with Crippen LogP contribution >= 0.6 is 11.3 Å². The highest BCUT2D eigenvalue weighted by Gasteiger charge is 2.22. The fourth-order valence-electron chi connectivity index (χ4n) is 4.14. The minimum absolute atomic E-state index is 0.211. The molecule has 5 aromatic rings. The summed E-state index contributed by atoms with van der Waals surface area (Å²) >= 11 is 1.34. The van der Waals surface area contributed by atoms with Gasteiger partial charge >= 0.3 is 0 Å². The summed E-state index contributed by atoms with van der Waals surface area (Å²) in [5.41, 5.74) is 14.1. The normalized spacial score (nSPS) is 11.0. The van der Waals surface area contributed by atoms with Gasteiger partial charge in [0.15, 0.2) is 0 Å². The number of carbonyl (C=O) groups is 1. The maximum atomic E-state index is 13.3. The van der Waals surface area contributed by atoms with E-state index in [0.717, 1.165) is 50.3 Å². The second-order valence-corrected chi connectivity index (χ2v) is 9.28. The number of aryl methyl sites for hydroxylation is 2. The Balaban J connectivity index is 1.67. The fourth-order valence-corrected chi connectivity index (χ4v) is 5.15. The molecule has 3 N–H and O–H groups in total. The molecule has 0 bridgehead atoms. The molecule has 1 amide bonds. The van der Waals surface area contributed by atoms with Crippen molar-refractivity contribution in [2.24, 2.45) is 0 Å². The summed E-state index contributed by atoms with van der Waals surface area (Å²) in [4.78, 5) is 19.5. The lowest BCUT2D eigenvalue weighted by Crippen LogP contribution is -2.13. The van der Waals surface area contributed by atoms with Crippen LogP contribution in [-0.2, 0) is 6.42 Å². The van der Waals surface area contributed by atoms with Gasteiger partial charge in [-0.3, -0.25) is 4.79 Å². The van der Waals surface area contributed by atoms with Crippen LogP contribution in [0.1, 0.15) is 27.7 Å². The van der Waals surface area contributed by atoms with Crippen molar-refractivity contribution in [3.05, 3.63) is 101 Å². The molecule has 0 atom stereocenters. The quantitative estimate of drug-likeness (QED) is 0.287. The molecule has 0 aliphatic heterocycles. The average Bonchev–Trinajstić information content (AvgIpc) is 3.21. The van der Waals surface area contributed by atoms with E-state index in [1.54, 1.807) is 0 Å². The van der Waals surface area contributed by atoms with E-state index in [2.05, 4.69) is 49.5 Å². The highest BCUT2D eigenvalue weighted by molar-refractivity contribution is 7.21. The van der Waals surface area contributed by atoms with Crippen molar-refractivity contribution in [3.63, 3.8) is 0 Å². The van der Waals surface area contributed by atoms with Gasteiger partial charge in [0.25, 0.3) is 5.91 Å². The number of hydrogen-bond donors (Lipinski definition) is 2. The number of anilines is 2. The number of nitrogens with one attached hydrogen (secondary N) is 1. The third-order valence-electron chi connectivity index (χ3n) is 5.98. The lowest BCUT2D eigenvalue weighted by atomic mass is 9.98. The zero-order chi connectivity index (χ0) is 23.7. The summed E-state index contributed by atoms with van der Waals surface area (Å²) in [5, 5.41) is 3.88. The summed E-state index contributed by atoms with van der Waals surface area (Å²) in [6.45, 7) is 4.14. The molecule has 168 valence electrons. The number of benzene rings is 3. The second-order valence-electron chi connectivity index (χ2n) is 8.28. The van der Waals surface area contributed by atoms with Crippen molar-refractivity contribution in [1.29, 1.82) is 0 Å². The Kier molecular flexibility index (Phi) is 5.86. The van der Waals surface area contributed by atoms with E-state index in [9.17, 15) is 4.79 Å². The summed E-state index contributed by atoms with van der Waals surface area (Å²) in [7, 11) is 0. The van der Waals surface area contributed by atoms with Gasteiger partial charge in [-0.15, -0.1) is 11.3 Å². The molecular formula is C29H25N3OS. The van der Waals surface area contributed by atoms with Gasteiger partial charge in [0, 0.05) is 16.6 Å². The van der Waals surface area contributed by atoms with Crippen molar-refractivity contribution in [2.75, 3.05) is 11.1 Å². The lowest BCUT2D eigenvalue weighted by molar-refractivity contribution is 0.103. The average molecular weight is 464 g/mol. The third kappa shape index (κ3) is 4.06. The van der Waals surface area contributed by atoms with Crippen LogP contribution in [0.4, 0.5) is 11.4 Å². The van der Waals surface area contributed by atoms with E-state index in [0.29, 0.717) is 10.6 Å². The summed E-state index contributed by atoms with van der Waals surface area (Å²) in [6, 6.07) is 28.3. The van der Waals surface area contributed by atoms with Crippen LogP contribution in [0, 0.1) is 6.92 Å². The molecule has 0 saturated carbocycles. The molecule has 0 radical (unpaired) electrons. The molecule has 0 aliphatic rings. The second kappa shape index (κ2) is 9.12. The molecule has 5 heteroatoms. The first kappa shape index (κ1) is 21.9. The fraction of sp³-hybridized carbons (Fsp3) is 0.103. The van der Waals surface area contributed by atoms with Crippen molar-refractivity contribution in [2.45, 2.75) is 20.3 Å². The van der Waals surface area contributed by atoms with Crippen LogP contribution in [0.5, 0.6) is 0 Å². The van der Waals surface area contributed by atoms with Gasteiger partial charge in [0.1, 0.15) is 9.71 Å². The molecule has 0 unspecified atom stereocenters. The van der Waals surface area contributed by atoms with Gasteiger partial charge in [-0.1, -0.05) is 85.3 Å². The number of thiophene rings is 1. The summed E-state index contributed by atoms with van der Waals surface area (Å²) in [5.74, 6) is -0.211. The zero-order valence-electron chi connectivity index (χ0n) is 19.1. The Morgan fingerprint density at radius 2 is 1.65 bits per heavy atom. The molecule has 2 aromatic heterocycles. The Morgan fingerprint density at radius 3 is 2.38 bits per heavy atom. The molecule has 0 saturated heterocycles. The Bertz CT molecular complexity index is 1490. The zero-order valence-corrected chi connectivity index (χ0v) is 19.9. The van der Waals surface area contributed by atoms with Gasteiger partial charge in [-0.05, 0) is 42.2 Å². The highest BCUT2D eigenvalue weighted by Crippen LogP contribution is 2.41. The molecule has 2 heterocycles. The van der Waals surface area contributed by atoms with Crippen molar-refractivity contribution in [1.82, 2.24) is 4.98 Å². The van der Waals surface area contributed by atoms with Crippen molar-refractivity contribution < 1.29 is 4.79 Å². The first-order valence-electron chi connectivity index (χ1n) is 11.3. The van der Waals surface area contributed by atoms with Gasteiger partial charge in [-0.25, -0.2) is 4.98 Å². The molecule has 0 fully saturated rings. The minimum atomic E-state index is -0.211. The minimum Gasteiger partial charge on any atom is -0.397 e. The number of fused-ring (bicyclic) bond motifs is 1. The van der Waals surface area contributed by atoms with Crippen LogP contribution in [0.15, 0.2) is 84.9 Å². The molecule has 3 aromatic carbocycles. The van der Waals surface area contributed by atoms with E-state index in [1.807, 2.05) is 54.6 Å². The summed E-state index contributed by atoms with van der Waals surface area (Å²) in [6.07, 6.45) is 0.831. The molecule has 5 rings (SSSR count). The van der Waals surface area contributed by atoms with Crippen LogP contribution in [-0.4, -0.2) is 10.9 Å². The first-order chi connectivity index (χ1) is 16.5. The SMILES string of the molecule is CCc1ccccc1NC(=O)c1sc2nc(-c3ccccc3)cc(-c3ccc(C)cc3)c2c1N. The lowest BCUT2D eigenvalue weighted by Gasteiger charge is -2.10.